The van der Waals surface area contributed by atoms with Gasteiger partial charge in [-0.25, -0.2) is 0 Å². The Morgan fingerprint density at radius 1 is 1.10 bits per heavy atom. The van der Waals surface area contributed by atoms with Crippen molar-refractivity contribution in [2.45, 2.75) is 0 Å². The standard InChI is InChI=1S/C15H12Br2N2OS/c1-19(13-4-2-3-9(7-13)14(18)21)15(20)10-5-11(16)8-12(17)6-10/h2-8H,1H3,(H2,18,21). The Morgan fingerprint density at radius 2 is 1.71 bits per heavy atom. The van der Waals surface area contributed by atoms with E-state index in [-0.39, 0.29) is 5.91 Å². The van der Waals surface area contributed by atoms with Crippen LogP contribution in [0.25, 0.3) is 0 Å². The smallest absolute Gasteiger partial charge is 0.258 e. The van der Waals surface area contributed by atoms with Crippen LogP contribution < -0.4 is 10.6 Å². The first-order valence-corrected chi connectivity index (χ1v) is 8.02. The van der Waals surface area contributed by atoms with Gasteiger partial charge in [-0.15, -0.1) is 0 Å². The minimum Gasteiger partial charge on any atom is -0.389 e. The van der Waals surface area contributed by atoms with E-state index in [9.17, 15) is 4.79 Å². The maximum absolute atomic E-state index is 12.6. The molecular formula is C15H12Br2N2OS. The number of hydrogen-bond donors (Lipinski definition) is 1. The van der Waals surface area contributed by atoms with E-state index < -0.39 is 0 Å². The first-order chi connectivity index (χ1) is 9.88. The number of rotatable bonds is 3. The van der Waals surface area contributed by atoms with Crippen LogP contribution in [0.2, 0.25) is 0 Å². The van der Waals surface area contributed by atoms with Crippen molar-refractivity contribution >= 4 is 60.7 Å². The highest BCUT2D eigenvalue weighted by Crippen LogP contribution is 2.23. The highest BCUT2D eigenvalue weighted by atomic mass is 79.9. The van der Waals surface area contributed by atoms with Crippen LogP contribution in [0.1, 0.15) is 15.9 Å². The van der Waals surface area contributed by atoms with Crippen LogP contribution >= 0.6 is 44.1 Å². The molecule has 21 heavy (non-hydrogen) atoms. The molecule has 0 atom stereocenters. The minimum absolute atomic E-state index is 0.114. The molecule has 0 fully saturated rings. The highest BCUT2D eigenvalue weighted by molar-refractivity contribution is 9.11. The predicted octanol–water partition coefficient (Wildman–Crippen LogP) is 4.12. The summed E-state index contributed by atoms with van der Waals surface area (Å²) in [6.07, 6.45) is 0. The third kappa shape index (κ3) is 3.90. The first-order valence-electron chi connectivity index (χ1n) is 6.02. The van der Waals surface area contributed by atoms with Crippen LogP contribution in [0.15, 0.2) is 51.4 Å². The highest BCUT2D eigenvalue weighted by Gasteiger charge is 2.15. The number of carbonyl (C=O) groups excluding carboxylic acids is 1. The van der Waals surface area contributed by atoms with Crippen LogP contribution in [0, 0.1) is 0 Å². The molecule has 3 nitrogen and oxygen atoms in total. The number of nitrogens with two attached hydrogens (primary N) is 1. The van der Waals surface area contributed by atoms with Crippen molar-refractivity contribution in [3.63, 3.8) is 0 Å². The van der Waals surface area contributed by atoms with E-state index in [0.29, 0.717) is 10.6 Å². The molecule has 0 spiro atoms. The fraction of sp³-hybridized carbons (Fsp3) is 0.0667. The Labute approximate surface area is 145 Å². The van der Waals surface area contributed by atoms with E-state index in [0.717, 1.165) is 20.2 Å². The lowest BCUT2D eigenvalue weighted by molar-refractivity contribution is 0.0993. The van der Waals surface area contributed by atoms with Crippen molar-refractivity contribution in [3.8, 4) is 0 Å². The van der Waals surface area contributed by atoms with Crippen LogP contribution in [0.5, 0.6) is 0 Å². The lowest BCUT2D eigenvalue weighted by atomic mass is 10.1. The van der Waals surface area contributed by atoms with Crippen LogP contribution in [-0.4, -0.2) is 17.9 Å². The lowest BCUT2D eigenvalue weighted by Crippen LogP contribution is -2.26. The monoisotopic (exact) mass is 426 g/mol. The number of halogens is 2. The molecule has 2 rings (SSSR count). The summed E-state index contributed by atoms with van der Waals surface area (Å²) in [6, 6.07) is 12.7. The van der Waals surface area contributed by atoms with E-state index in [2.05, 4.69) is 31.9 Å². The third-order valence-electron chi connectivity index (χ3n) is 2.93. The van der Waals surface area contributed by atoms with Crippen LogP contribution in [0.3, 0.4) is 0 Å². The van der Waals surface area contributed by atoms with Gasteiger partial charge in [0.15, 0.2) is 0 Å². The van der Waals surface area contributed by atoms with Crippen LogP contribution in [-0.2, 0) is 0 Å². The summed E-state index contributed by atoms with van der Waals surface area (Å²) in [7, 11) is 1.72. The molecule has 0 aliphatic heterocycles. The summed E-state index contributed by atoms with van der Waals surface area (Å²) in [5.41, 5.74) is 7.68. The molecule has 0 saturated carbocycles. The number of thiocarbonyl (C=S) groups is 1. The Bertz CT molecular complexity index is 698. The number of nitrogens with zero attached hydrogens (tertiary/aromatic N) is 1. The third-order valence-corrected chi connectivity index (χ3v) is 4.08. The number of hydrogen-bond acceptors (Lipinski definition) is 2. The van der Waals surface area contributed by atoms with Gasteiger partial charge in [0.25, 0.3) is 5.91 Å². The van der Waals surface area contributed by atoms with E-state index in [4.69, 9.17) is 18.0 Å². The van der Waals surface area contributed by atoms with Crippen LogP contribution in [0.4, 0.5) is 5.69 Å². The Balaban J connectivity index is 2.34. The maximum Gasteiger partial charge on any atom is 0.258 e. The van der Waals surface area contributed by atoms with Gasteiger partial charge in [0.2, 0.25) is 0 Å². The molecule has 0 aromatic heterocycles. The lowest BCUT2D eigenvalue weighted by Gasteiger charge is -2.18. The van der Waals surface area contributed by atoms with Crippen molar-refractivity contribution in [3.05, 3.63) is 62.5 Å². The second kappa shape index (κ2) is 6.68. The van der Waals surface area contributed by atoms with Crippen molar-refractivity contribution < 1.29 is 4.79 Å². The molecule has 0 aliphatic rings. The second-order valence-electron chi connectivity index (χ2n) is 4.44. The van der Waals surface area contributed by atoms with Gasteiger partial charge in [0.05, 0.1) is 0 Å². The molecule has 0 saturated heterocycles. The molecule has 0 radical (unpaired) electrons. The summed E-state index contributed by atoms with van der Waals surface area (Å²) in [4.78, 5) is 14.4. The second-order valence-corrected chi connectivity index (χ2v) is 6.71. The SMILES string of the molecule is CN(C(=O)c1cc(Br)cc(Br)c1)c1cccc(C(N)=S)c1. The molecule has 0 unspecified atom stereocenters. The fourth-order valence-corrected chi connectivity index (χ4v) is 3.28. The van der Waals surface area contributed by atoms with Crippen molar-refractivity contribution in [1.82, 2.24) is 0 Å². The van der Waals surface area contributed by atoms with Gasteiger partial charge in [0.1, 0.15) is 4.99 Å². The molecule has 1 amide bonds. The molecular weight excluding hydrogens is 416 g/mol. The maximum atomic E-state index is 12.6. The molecule has 108 valence electrons. The topological polar surface area (TPSA) is 46.3 Å². The zero-order valence-electron chi connectivity index (χ0n) is 11.1. The molecule has 0 aliphatic carbocycles. The first kappa shape index (κ1) is 16.1. The van der Waals surface area contributed by atoms with Crippen molar-refractivity contribution in [1.29, 1.82) is 0 Å². The Morgan fingerprint density at radius 3 is 2.29 bits per heavy atom. The number of amides is 1. The summed E-state index contributed by atoms with van der Waals surface area (Å²) in [5, 5.41) is 0. The van der Waals surface area contributed by atoms with Gasteiger partial charge < -0.3 is 10.6 Å². The molecule has 6 heteroatoms. The predicted molar refractivity (Wildman–Crippen MR) is 96.9 cm³/mol. The average molecular weight is 428 g/mol. The van der Waals surface area contributed by atoms with E-state index >= 15 is 0 Å². The molecule has 2 N–H and O–H groups in total. The zero-order valence-corrected chi connectivity index (χ0v) is 15.1. The minimum atomic E-state index is -0.114. The van der Waals surface area contributed by atoms with E-state index in [1.54, 1.807) is 30.1 Å². The average Bonchev–Trinajstić information content (AvgIpc) is 2.44. The summed E-state index contributed by atoms with van der Waals surface area (Å²) in [6.45, 7) is 0. The zero-order chi connectivity index (χ0) is 15.6. The van der Waals surface area contributed by atoms with Gasteiger partial charge in [-0.2, -0.15) is 0 Å². The molecule has 0 heterocycles. The summed E-state index contributed by atoms with van der Waals surface area (Å²) >= 11 is 11.7. The van der Waals surface area contributed by atoms with E-state index in [1.807, 2.05) is 24.3 Å². The van der Waals surface area contributed by atoms with Crippen molar-refractivity contribution in [2.75, 3.05) is 11.9 Å². The Kier molecular flexibility index (Phi) is 5.13. The molecule has 2 aromatic carbocycles. The number of anilines is 1. The number of carbonyl (C=O) groups is 1. The summed E-state index contributed by atoms with van der Waals surface area (Å²) in [5.74, 6) is -0.114. The van der Waals surface area contributed by atoms with Gasteiger partial charge in [-0.3, -0.25) is 4.79 Å². The fourth-order valence-electron chi connectivity index (χ4n) is 1.86. The summed E-state index contributed by atoms with van der Waals surface area (Å²) < 4.78 is 1.68. The van der Waals surface area contributed by atoms with Gasteiger partial charge in [0, 0.05) is 32.8 Å². The van der Waals surface area contributed by atoms with E-state index in [1.165, 1.54) is 0 Å². The normalized spacial score (nSPS) is 10.2. The van der Waals surface area contributed by atoms with Gasteiger partial charge >= 0.3 is 0 Å². The largest absolute Gasteiger partial charge is 0.389 e. The van der Waals surface area contributed by atoms with Gasteiger partial charge in [-0.05, 0) is 30.3 Å². The Hall–Kier alpha value is -1.24. The van der Waals surface area contributed by atoms with Crippen molar-refractivity contribution in [2.24, 2.45) is 5.73 Å². The quantitative estimate of drug-likeness (QED) is 0.749. The molecule has 2 aromatic rings. The van der Waals surface area contributed by atoms with Gasteiger partial charge in [-0.1, -0.05) is 56.2 Å². The molecule has 0 bridgehead atoms. The number of benzene rings is 2.